The lowest BCUT2D eigenvalue weighted by molar-refractivity contribution is 0.0335. The molecular formula is C15H29NO2. The number of hydrogen-bond donors (Lipinski definition) is 2. The van der Waals surface area contributed by atoms with Gasteiger partial charge in [0.2, 0.25) is 0 Å². The topological polar surface area (TPSA) is 41.5 Å². The third-order valence-electron chi connectivity index (χ3n) is 2.88. The molecule has 0 rings (SSSR count). The first kappa shape index (κ1) is 17.4. The first-order valence-electron chi connectivity index (χ1n) is 7.02. The predicted octanol–water partition coefficient (Wildman–Crippen LogP) is 2.19. The van der Waals surface area contributed by atoms with Gasteiger partial charge in [-0.1, -0.05) is 20.8 Å². The molecule has 0 aromatic heterocycles. The van der Waals surface area contributed by atoms with Crippen LogP contribution in [0.5, 0.6) is 0 Å². The second-order valence-corrected chi connectivity index (χ2v) is 5.19. The monoisotopic (exact) mass is 255 g/mol. The Balaban J connectivity index is 3.47. The zero-order chi connectivity index (χ0) is 13.8. The van der Waals surface area contributed by atoms with Gasteiger partial charge in [0.05, 0.1) is 12.7 Å². The standard InChI is InChI=1S/C15H29NO2/c1-5-8-14(6-2)16-11-15(17)12-18-10-7-9-13(3)4/h1,13-17H,6-12H2,2-4H3. The van der Waals surface area contributed by atoms with Crippen molar-refractivity contribution in [3.05, 3.63) is 0 Å². The van der Waals surface area contributed by atoms with Gasteiger partial charge in [-0.15, -0.1) is 12.3 Å². The maximum absolute atomic E-state index is 9.73. The highest BCUT2D eigenvalue weighted by Gasteiger charge is 2.08. The third-order valence-corrected chi connectivity index (χ3v) is 2.88. The number of hydrogen-bond acceptors (Lipinski definition) is 3. The van der Waals surface area contributed by atoms with Crippen molar-refractivity contribution in [2.45, 2.75) is 58.6 Å². The molecule has 2 unspecified atom stereocenters. The normalized spacial score (nSPS) is 14.4. The Morgan fingerprint density at radius 3 is 2.67 bits per heavy atom. The second-order valence-electron chi connectivity index (χ2n) is 5.19. The van der Waals surface area contributed by atoms with Gasteiger partial charge in [-0.05, 0) is 25.2 Å². The first-order chi connectivity index (χ1) is 8.60. The summed E-state index contributed by atoms with van der Waals surface area (Å²) in [6.07, 6.45) is 8.75. The van der Waals surface area contributed by atoms with Crippen molar-refractivity contribution < 1.29 is 9.84 Å². The Morgan fingerprint density at radius 2 is 2.11 bits per heavy atom. The summed E-state index contributed by atoms with van der Waals surface area (Å²) < 4.78 is 5.44. The van der Waals surface area contributed by atoms with Crippen molar-refractivity contribution in [2.75, 3.05) is 19.8 Å². The molecule has 0 bridgehead atoms. The van der Waals surface area contributed by atoms with Crippen LogP contribution in [0.1, 0.15) is 46.5 Å². The molecule has 0 aliphatic heterocycles. The lowest BCUT2D eigenvalue weighted by Gasteiger charge is -2.17. The molecule has 3 heteroatoms. The van der Waals surface area contributed by atoms with Crippen molar-refractivity contribution >= 4 is 0 Å². The average Bonchev–Trinajstić information content (AvgIpc) is 2.33. The van der Waals surface area contributed by atoms with E-state index in [0.29, 0.717) is 31.5 Å². The Bertz CT molecular complexity index is 223. The van der Waals surface area contributed by atoms with E-state index in [1.54, 1.807) is 0 Å². The Kier molecular flexibility index (Phi) is 11.2. The van der Waals surface area contributed by atoms with E-state index in [0.717, 1.165) is 19.4 Å². The minimum absolute atomic E-state index is 0.297. The van der Waals surface area contributed by atoms with Crippen LogP contribution < -0.4 is 5.32 Å². The van der Waals surface area contributed by atoms with Crippen molar-refractivity contribution in [1.82, 2.24) is 5.32 Å². The summed E-state index contributed by atoms with van der Waals surface area (Å²) >= 11 is 0. The highest BCUT2D eigenvalue weighted by Crippen LogP contribution is 2.03. The molecule has 3 nitrogen and oxygen atoms in total. The van der Waals surface area contributed by atoms with Crippen LogP contribution in [-0.4, -0.2) is 37.0 Å². The number of rotatable bonds is 11. The van der Waals surface area contributed by atoms with E-state index in [1.165, 1.54) is 6.42 Å². The maximum atomic E-state index is 9.73. The van der Waals surface area contributed by atoms with E-state index in [4.69, 9.17) is 11.2 Å². The summed E-state index contributed by atoms with van der Waals surface area (Å²) in [5, 5.41) is 13.0. The lowest BCUT2D eigenvalue weighted by atomic mass is 10.1. The molecule has 2 atom stereocenters. The van der Waals surface area contributed by atoms with Gasteiger partial charge >= 0.3 is 0 Å². The van der Waals surface area contributed by atoms with Crippen LogP contribution in [-0.2, 0) is 4.74 Å². The molecule has 0 fully saturated rings. The number of aliphatic hydroxyl groups excluding tert-OH is 1. The van der Waals surface area contributed by atoms with Crippen LogP contribution >= 0.6 is 0 Å². The quantitative estimate of drug-likeness (QED) is 0.439. The molecule has 0 amide bonds. The Morgan fingerprint density at radius 1 is 1.39 bits per heavy atom. The maximum Gasteiger partial charge on any atom is 0.0897 e. The molecule has 0 radical (unpaired) electrons. The predicted molar refractivity (Wildman–Crippen MR) is 76.4 cm³/mol. The van der Waals surface area contributed by atoms with Crippen LogP contribution in [0, 0.1) is 18.3 Å². The molecule has 0 heterocycles. The van der Waals surface area contributed by atoms with E-state index < -0.39 is 6.10 Å². The largest absolute Gasteiger partial charge is 0.389 e. The van der Waals surface area contributed by atoms with Crippen LogP contribution in [0.4, 0.5) is 0 Å². The van der Waals surface area contributed by atoms with Crippen LogP contribution in [0.3, 0.4) is 0 Å². The van der Waals surface area contributed by atoms with Gasteiger partial charge in [-0.2, -0.15) is 0 Å². The highest BCUT2D eigenvalue weighted by atomic mass is 16.5. The molecule has 0 saturated heterocycles. The highest BCUT2D eigenvalue weighted by molar-refractivity contribution is 4.89. The van der Waals surface area contributed by atoms with Crippen molar-refractivity contribution in [3.8, 4) is 12.3 Å². The molecular weight excluding hydrogens is 226 g/mol. The fourth-order valence-electron chi connectivity index (χ4n) is 1.68. The van der Waals surface area contributed by atoms with Gasteiger partial charge in [0.1, 0.15) is 0 Å². The van der Waals surface area contributed by atoms with Crippen LogP contribution in [0.2, 0.25) is 0 Å². The van der Waals surface area contributed by atoms with Gasteiger partial charge < -0.3 is 15.2 Å². The van der Waals surface area contributed by atoms with Gasteiger partial charge in [0.25, 0.3) is 0 Å². The first-order valence-corrected chi connectivity index (χ1v) is 7.02. The fraction of sp³-hybridized carbons (Fsp3) is 0.867. The van der Waals surface area contributed by atoms with Gasteiger partial charge in [-0.3, -0.25) is 0 Å². The molecule has 18 heavy (non-hydrogen) atoms. The summed E-state index contributed by atoms with van der Waals surface area (Å²) in [6, 6.07) is 0.297. The Labute approximate surface area is 112 Å². The smallest absolute Gasteiger partial charge is 0.0897 e. The minimum Gasteiger partial charge on any atom is -0.389 e. The molecule has 0 spiro atoms. The van der Waals surface area contributed by atoms with Crippen molar-refractivity contribution in [1.29, 1.82) is 0 Å². The summed E-state index contributed by atoms with van der Waals surface area (Å²) in [6.45, 7) is 8.17. The summed E-state index contributed by atoms with van der Waals surface area (Å²) in [5.41, 5.74) is 0. The van der Waals surface area contributed by atoms with Gasteiger partial charge in [0, 0.05) is 25.6 Å². The number of ether oxygens (including phenoxy) is 1. The average molecular weight is 255 g/mol. The molecule has 2 N–H and O–H groups in total. The number of nitrogens with one attached hydrogen (secondary N) is 1. The molecule has 0 aliphatic carbocycles. The third kappa shape index (κ3) is 10.6. The van der Waals surface area contributed by atoms with Crippen molar-refractivity contribution in [3.63, 3.8) is 0 Å². The zero-order valence-corrected chi connectivity index (χ0v) is 12.1. The summed E-state index contributed by atoms with van der Waals surface area (Å²) in [7, 11) is 0. The summed E-state index contributed by atoms with van der Waals surface area (Å²) in [4.78, 5) is 0. The second kappa shape index (κ2) is 11.5. The van der Waals surface area contributed by atoms with E-state index in [2.05, 4.69) is 32.0 Å². The van der Waals surface area contributed by atoms with E-state index in [-0.39, 0.29) is 0 Å². The van der Waals surface area contributed by atoms with Crippen molar-refractivity contribution in [2.24, 2.45) is 5.92 Å². The zero-order valence-electron chi connectivity index (χ0n) is 12.1. The van der Waals surface area contributed by atoms with Gasteiger partial charge in [0.15, 0.2) is 0 Å². The van der Waals surface area contributed by atoms with E-state index >= 15 is 0 Å². The SMILES string of the molecule is C#CCC(CC)NCC(O)COCCCC(C)C. The lowest BCUT2D eigenvalue weighted by Crippen LogP contribution is -2.37. The van der Waals surface area contributed by atoms with E-state index in [1.807, 2.05) is 0 Å². The summed E-state index contributed by atoms with van der Waals surface area (Å²) in [5.74, 6) is 3.35. The van der Waals surface area contributed by atoms with Gasteiger partial charge in [-0.25, -0.2) is 0 Å². The number of terminal acetylenes is 1. The molecule has 0 aromatic carbocycles. The number of aliphatic hydroxyl groups is 1. The van der Waals surface area contributed by atoms with Crippen LogP contribution in [0.25, 0.3) is 0 Å². The molecule has 0 saturated carbocycles. The molecule has 106 valence electrons. The van der Waals surface area contributed by atoms with E-state index in [9.17, 15) is 5.11 Å². The Hall–Kier alpha value is -0.560. The molecule has 0 aliphatic rings. The minimum atomic E-state index is -0.448. The van der Waals surface area contributed by atoms with Crippen LogP contribution in [0.15, 0.2) is 0 Å². The molecule has 0 aromatic rings. The fourth-order valence-corrected chi connectivity index (χ4v) is 1.68.